The number of ketones is 2. The Morgan fingerprint density at radius 1 is 0.950 bits per heavy atom. The highest BCUT2D eigenvalue weighted by Crippen LogP contribution is 2.17. The first-order chi connectivity index (χ1) is 9.74. The Morgan fingerprint density at radius 3 is 2.30 bits per heavy atom. The maximum atomic E-state index is 12.3. The molecule has 0 saturated heterocycles. The fraction of sp³-hybridized carbons (Fsp3) is 0.0588. The van der Waals surface area contributed by atoms with Crippen LogP contribution in [0.2, 0.25) is 0 Å². The van der Waals surface area contributed by atoms with E-state index in [9.17, 15) is 9.59 Å². The van der Waals surface area contributed by atoms with Crippen molar-refractivity contribution >= 4 is 17.3 Å². The standard InChI is InChI=1S/C17H15NO2/c1-2-12-18-15-11-7-6-10-14(15)17(20)16(19)13-8-4-3-5-9-13/h2-11,18H,1,12H2. The normalized spacial score (nSPS) is 9.80. The van der Waals surface area contributed by atoms with Gasteiger partial charge in [0, 0.05) is 23.4 Å². The molecule has 0 atom stereocenters. The largest absolute Gasteiger partial charge is 0.381 e. The molecular weight excluding hydrogens is 250 g/mol. The molecule has 0 fully saturated rings. The lowest BCUT2D eigenvalue weighted by atomic mass is 10.00. The maximum Gasteiger partial charge on any atom is 0.235 e. The van der Waals surface area contributed by atoms with Crippen molar-refractivity contribution in [3.05, 3.63) is 78.4 Å². The van der Waals surface area contributed by atoms with Crippen molar-refractivity contribution in [2.75, 3.05) is 11.9 Å². The zero-order valence-electron chi connectivity index (χ0n) is 11.0. The number of hydrogen-bond acceptors (Lipinski definition) is 3. The predicted octanol–water partition coefficient (Wildman–Crippen LogP) is 3.35. The summed E-state index contributed by atoms with van der Waals surface area (Å²) >= 11 is 0. The summed E-state index contributed by atoms with van der Waals surface area (Å²) in [6.07, 6.45) is 1.69. The number of nitrogens with one attached hydrogen (secondary N) is 1. The van der Waals surface area contributed by atoms with Gasteiger partial charge in [0.2, 0.25) is 11.6 Å². The molecule has 2 aromatic rings. The minimum atomic E-state index is -0.511. The van der Waals surface area contributed by atoms with E-state index in [4.69, 9.17) is 0 Å². The predicted molar refractivity (Wildman–Crippen MR) is 80.2 cm³/mol. The van der Waals surface area contributed by atoms with E-state index in [0.29, 0.717) is 23.4 Å². The zero-order chi connectivity index (χ0) is 14.4. The first kappa shape index (κ1) is 13.7. The van der Waals surface area contributed by atoms with E-state index in [0.717, 1.165) is 0 Å². The summed E-state index contributed by atoms with van der Waals surface area (Å²) in [5.74, 6) is -1.01. The van der Waals surface area contributed by atoms with Gasteiger partial charge in [-0.15, -0.1) is 6.58 Å². The van der Waals surface area contributed by atoms with Gasteiger partial charge in [0.1, 0.15) is 0 Å². The molecule has 3 nitrogen and oxygen atoms in total. The Kier molecular flexibility index (Phi) is 4.45. The second-order valence-electron chi connectivity index (χ2n) is 4.24. The number of hydrogen-bond donors (Lipinski definition) is 1. The van der Waals surface area contributed by atoms with Gasteiger partial charge in [-0.25, -0.2) is 0 Å². The molecule has 0 unspecified atom stereocenters. The molecule has 0 amide bonds. The van der Waals surface area contributed by atoms with E-state index in [2.05, 4.69) is 11.9 Å². The molecule has 0 aliphatic rings. The van der Waals surface area contributed by atoms with Gasteiger partial charge in [0.05, 0.1) is 0 Å². The average molecular weight is 265 g/mol. The summed E-state index contributed by atoms with van der Waals surface area (Å²) in [6, 6.07) is 15.5. The van der Waals surface area contributed by atoms with Crippen molar-refractivity contribution in [2.45, 2.75) is 0 Å². The number of carbonyl (C=O) groups is 2. The van der Waals surface area contributed by atoms with Crippen LogP contribution < -0.4 is 5.32 Å². The first-order valence-corrected chi connectivity index (χ1v) is 6.32. The lowest BCUT2D eigenvalue weighted by molar-refractivity contribution is 0.0817. The molecule has 0 heterocycles. The monoisotopic (exact) mass is 265 g/mol. The van der Waals surface area contributed by atoms with Crippen molar-refractivity contribution in [1.82, 2.24) is 0 Å². The van der Waals surface area contributed by atoms with Gasteiger partial charge >= 0.3 is 0 Å². The van der Waals surface area contributed by atoms with Gasteiger partial charge in [-0.05, 0) is 12.1 Å². The number of rotatable bonds is 6. The maximum absolute atomic E-state index is 12.3. The lowest BCUT2D eigenvalue weighted by Crippen LogP contribution is -2.16. The SMILES string of the molecule is C=CCNc1ccccc1C(=O)C(=O)c1ccccc1. The molecule has 100 valence electrons. The second kappa shape index (κ2) is 6.48. The van der Waals surface area contributed by atoms with Crippen LogP contribution in [0.1, 0.15) is 20.7 Å². The Labute approximate surface area is 117 Å². The van der Waals surface area contributed by atoms with Crippen molar-refractivity contribution < 1.29 is 9.59 Å². The molecule has 0 saturated carbocycles. The minimum absolute atomic E-state index is 0.378. The van der Waals surface area contributed by atoms with Crippen molar-refractivity contribution in [3.63, 3.8) is 0 Å². The molecule has 0 spiro atoms. The number of carbonyl (C=O) groups excluding carboxylic acids is 2. The Balaban J connectivity index is 2.29. The summed E-state index contributed by atoms with van der Waals surface area (Å²) in [4.78, 5) is 24.5. The van der Waals surface area contributed by atoms with Gasteiger partial charge in [-0.3, -0.25) is 9.59 Å². The molecular formula is C17H15NO2. The number of Topliss-reactive ketones (excluding diaryl/α,β-unsaturated/α-hetero) is 2. The lowest BCUT2D eigenvalue weighted by Gasteiger charge is -2.09. The molecule has 0 aromatic heterocycles. The van der Waals surface area contributed by atoms with Crippen LogP contribution in [-0.2, 0) is 0 Å². The van der Waals surface area contributed by atoms with Gasteiger partial charge in [0.15, 0.2) is 0 Å². The highest BCUT2D eigenvalue weighted by molar-refractivity contribution is 6.50. The summed E-state index contributed by atoms with van der Waals surface area (Å²) in [7, 11) is 0. The molecule has 2 aromatic carbocycles. The van der Waals surface area contributed by atoms with Crippen LogP contribution in [0.4, 0.5) is 5.69 Å². The fourth-order valence-corrected chi connectivity index (χ4v) is 1.86. The molecule has 2 rings (SSSR count). The highest BCUT2D eigenvalue weighted by Gasteiger charge is 2.20. The zero-order valence-corrected chi connectivity index (χ0v) is 11.0. The quantitative estimate of drug-likeness (QED) is 0.495. The van der Waals surface area contributed by atoms with E-state index in [1.165, 1.54) is 0 Å². The van der Waals surface area contributed by atoms with E-state index in [1.54, 1.807) is 54.6 Å². The summed E-state index contributed by atoms with van der Waals surface area (Å²) in [6.45, 7) is 4.15. The molecule has 1 N–H and O–H groups in total. The topological polar surface area (TPSA) is 46.2 Å². The minimum Gasteiger partial charge on any atom is -0.381 e. The number of benzene rings is 2. The van der Waals surface area contributed by atoms with Crippen molar-refractivity contribution in [2.24, 2.45) is 0 Å². The van der Waals surface area contributed by atoms with Crippen LogP contribution in [0, 0.1) is 0 Å². The van der Waals surface area contributed by atoms with Gasteiger partial charge in [-0.2, -0.15) is 0 Å². The van der Waals surface area contributed by atoms with Gasteiger partial charge in [0.25, 0.3) is 0 Å². The van der Waals surface area contributed by atoms with Crippen LogP contribution in [0.3, 0.4) is 0 Å². The van der Waals surface area contributed by atoms with Gasteiger partial charge < -0.3 is 5.32 Å². The molecule has 0 aliphatic carbocycles. The van der Waals surface area contributed by atoms with Crippen molar-refractivity contribution in [1.29, 1.82) is 0 Å². The van der Waals surface area contributed by atoms with E-state index in [-0.39, 0.29) is 0 Å². The Hall–Kier alpha value is -2.68. The van der Waals surface area contributed by atoms with Crippen LogP contribution in [0.5, 0.6) is 0 Å². The van der Waals surface area contributed by atoms with E-state index in [1.807, 2.05) is 6.07 Å². The molecule has 0 bridgehead atoms. The second-order valence-corrected chi connectivity index (χ2v) is 4.24. The van der Waals surface area contributed by atoms with Crippen LogP contribution >= 0.6 is 0 Å². The average Bonchev–Trinajstić information content (AvgIpc) is 2.52. The Bertz CT molecular complexity index is 632. The van der Waals surface area contributed by atoms with Gasteiger partial charge in [-0.1, -0.05) is 48.5 Å². The summed E-state index contributed by atoms with van der Waals surface area (Å²) in [5.41, 5.74) is 1.42. The van der Waals surface area contributed by atoms with Crippen LogP contribution in [0.25, 0.3) is 0 Å². The summed E-state index contributed by atoms with van der Waals surface area (Å²) < 4.78 is 0. The molecule has 0 radical (unpaired) electrons. The molecule has 0 aliphatic heterocycles. The third-order valence-corrected chi connectivity index (χ3v) is 2.85. The smallest absolute Gasteiger partial charge is 0.235 e. The van der Waals surface area contributed by atoms with Crippen LogP contribution in [-0.4, -0.2) is 18.1 Å². The highest BCUT2D eigenvalue weighted by atomic mass is 16.2. The van der Waals surface area contributed by atoms with Crippen LogP contribution in [0.15, 0.2) is 67.3 Å². The van der Waals surface area contributed by atoms with E-state index >= 15 is 0 Å². The molecule has 20 heavy (non-hydrogen) atoms. The fourth-order valence-electron chi connectivity index (χ4n) is 1.86. The third-order valence-electron chi connectivity index (χ3n) is 2.85. The van der Waals surface area contributed by atoms with E-state index < -0.39 is 11.6 Å². The Morgan fingerprint density at radius 2 is 1.60 bits per heavy atom. The number of anilines is 1. The summed E-state index contributed by atoms with van der Waals surface area (Å²) in [5, 5.41) is 3.06. The van der Waals surface area contributed by atoms with Crippen molar-refractivity contribution in [3.8, 4) is 0 Å². The third kappa shape index (κ3) is 3.01. The first-order valence-electron chi connectivity index (χ1n) is 6.32. The molecule has 3 heteroatoms. The number of para-hydroxylation sites is 1.